The number of amides is 1. The van der Waals surface area contributed by atoms with Crippen LogP contribution >= 0.6 is 0 Å². The minimum absolute atomic E-state index is 0.0271. The molecule has 4 rings (SSSR count). The van der Waals surface area contributed by atoms with E-state index >= 15 is 0 Å². The van der Waals surface area contributed by atoms with Gasteiger partial charge in [0.1, 0.15) is 0 Å². The van der Waals surface area contributed by atoms with E-state index in [1.54, 1.807) is 12.4 Å². The topological polar surface area (TPSA) is 61.4 Å². The van der Waals surface area contributed by atoms with E-state index in [4.69, 9.17) is 0 Å². The lowest BCUT2D eigenvalue weighted by Gasteiger charge is -2.32. The van der Waals surface area contributed by atoms with Crippen molar-refractivity contribution < 1.29 is 4.79 Å². The molecule has 2 saturated heterocycles. The zero-order chi connectivity index (χ0) is 18.6. The molecular weight excluding hydrogens is 338 g/mol. The van der Waals surface area contributed by atoms with Gasteiger partial charge in [0.25, 0.3) is 5.91 Å². The summed E-state index contributed by atoms with van der Waals surface area (Å²) in [4.78, 5) is 25.3. The van der Waals surface area contributed by atoms with Crippen LogP contribution < -0.4 is 10.2 Å². The number of carbonyl (C=O) groups excluding carboxylic acids is 1. The Morgan fingerprint density at radius 2 is 1.63 bits per heavy atom. The first-order valence-corrected chi connectivity index (χ1v) is 9.92. The van der Waals surface area contributed by atoms with Crippen molar-refractivity contribution in [2.24, 2.45) is 5.92 Å². The molecule has 1 aromatic heterocycles. The van der Waals surface area contributed by atoms with Gasteiger partial charge in [-0.2, -0.15) is 0 Å². The number of hydrogen-bond donors (Lipinski definition) is 1. The molecule has 2 aliphatic rings. The van der Waals surface area contributed by atoms with E-state index in [1.165, 1.54) is 18.5 Å². The fourth-order valence-corrected chi connectivity index (χ4v) is 3.76. The molecule has 0 aliphatic carbocycles. The van der Waals surface area contributed by atoms with Crippen LogP contribution in [0.15, 0.2) is 36.7 Å². The van der Waals surface area contributed by atoms with Crippen LogP contribution in [0.3, 0.4) is 0 Å². The van der Waals surface area contributed by atoms with Gasteiger partial charge in [-0.05, 0) is 55.9 Å². The van der Waals surface area contributed by atoms with Gasteiger partial charge in [0, 0.05) is 49.9 Å². The highest BCUT2D eigenvalue weighted by Crippen LogP contribution is 2.25. The van der Waals surface area contributed by atoms with Gasteiger partial charge in [0.15, 0.2) is 0 Å². The van der Waals surface area contributed by atoms with Gasteiger partial charge in [0.2, 0.25) is 5.95 Å². The summed E-state index contributed by atoms with van der Waals surface area (Å²) in [6.45, 7) is 6.25. The van der Waals surface area contributed by atoms with Gasteiger partial charge in [-0.3, -0.25) is 4.79 Å². The normalized spacial score (nSPS) is 18.0. The number of carbonyl (C=O) groups is 1. The monoisotopic (exact) mass is 365 g/mol. The molecule has 0 radical (unpaired) electrons. The van der Waals surface area contributed by atoms with Gasteiger partial charge in [-0.1, -0.05) is 6.92 Å². The quantitative estimate of drug-likeness (QED) is 0.895. The Morgan fingerprint density at radius 1 is 1.00 bits per heavy atom. The van der Waals surface area contributed by atoms with Crippen molar-refractivity contribution in [3.63, 3.8) is 0 Å². The van der Waals surface area contributed by atoms with Crippen molar-refractivity contribution >= 4 is 23.2 Å². The summed E-state index contributed by atoms with van der Waals surface area (Å²) in [6.07, 6.45) is 7.91. The summed E-state index contributed by atoms with van der Waals surface area (Å²) in [5.74, 6) is 1.37. The Morgan fingerprint density at radius 3 is 2.26 bits per heavy atom. The maximum absolute atomic E-state index is 12.3. The molecule has 1 amide bonds. The number of aromatic nitrogens is 2. The molecule has 0 saturated carbocycles. The average molecular weight is 365 g/mol. The fourth-order valence-electron chi connectivity index (χ4n) is 3.76. The second-order valence-corrected chi connectivity index (χ2v) is 7.64. The van der Waals surface area contributed by atoms with Crippen LogP contribution in [0, 0.1) is 5.92 Å². The predicted octanol–water partition coefficient (Wildman–Crippen LogP) is 3.69. The SMILES string of the molecule is CC1CCN(c2ccc(Nc3ncc(C(=O)N4CCCC4)cn3)cc2)CC1. The van der Waals surface area contributed by atoms with Gasteiger partial charge < -0.3 is 15.1 Å². The number of hydrogen-bond acceptors (Lipinski definition) is 5. The molecule has 27 heavy (non-hydrogen) atoms. The van der Waals surface area contributed by atoms with Crippen molar-refractivity contribution in [3.05, 3.63) is 42.2 Å². The molecule has 0 spiro atoms. The summed E-state index contributed by atoms with van der Waals surface area (Å²) in [6, 6.07) is 8.40. The van der Waals surface area contributed by atoms with Crippen LogP contribution in [-0.2, 0) is 0 Å². The van der Waals surface area contributed by atoms with Crippen LogP contribution in [0.5, 0.6) is 0 Å². The lowest BCUT2D eigenvalue weighted by Crippen LogP contribution is -2.32. The van der Waals surface area contributed by atoms with Crippen LogP contribution in [-0.4, -0.2) is 47.0 Å². The predicted molar refractivity (Wildman–Crippen MR) is 108 cm³/mol. The average Bonchev–Trinajstić information content (AvgIpc) is 3.24. The zero-order valence-corrected chi connectivity index (χ0v) is 15.9. The molecule has 6 heteroatoms. The van der Waals surface area contributed by atoms with E-state index in [0.29, 0.717) is 11.5 Å². The van der Waals surface area contributed by atoms with Crippen molar-refractivity contribution in [1.82, 2.24) is 14.9 Å². The zero-order valence-electron chi connectivity index (χ0n) is 15.9. The molecule has 3 heterocycles. The summed E-state index contributed by atoms with van der Waals surface area (Å²) in [7, 11) is 0. The van der Waals surface area contributed by atoms with E-state index in [9.17, 15) is 4.79 Å². The number of rotatable bonds is 4. The third-order valence-electron chi connectivity index (χ3n) is 5.56. The molecular formula is C21H27N5O. The van der Waals surface area contributed by atoms with E-state index in [2.05, 4.69) is 51.4 Å². The largest absolute Gasteiger partial charge is 0.372 e. The number of likely N-dealkylation sites (tertiary alicyclic amines) is 1. The number of piperidine rings is 1. The number of nitrogens with one attached hydrogen (secondary N) is 1. The third-order valence-corrected chi connectivity index (χ3v) is 5.56. The molecule has 142 valence electrons. The number of anilines is 3. The van der Waals surface area contributed by atoms with E-state index in [1.807, 2.05) is 4.90 Å². The van der Waals surface area contributed by atoms with Crippen LogP contribution in [0.4, 0.5) is 17.3 Å². The molecule has 0 bridgehead atoms. The number of nitrogens with zero attached hydrogens (tertiary/aromatic N) is 4. The fraction of sp³-hybridized carbons (Fsp3) is 0.476. The summed E-state index contributed by atoms with van der Waals surface area (Å²) in [5.41, 5.74) is 2.76. The number of benzene rings is 1. The molecule has 2 fully saturated rings. The molecule has 1 N–H and O–H groups in total. The first-order valence-electron chi connectivity index (χ1n) is 9.92. The maximum Gasteiger partial charge on any atom is 0.256 e. The smallest absolute Gasteiger partial charge is 0.256 e. The highest BCUT2D eigenvalue weighted by Gasteiger charge is 2.20. The van der Waals surface area contributed by atoms with E-state index in [-0.39, 0.29) is 5.91 Å². The Labute approximate surface area is 160 Å². The second-order valence-electron chi connectivity index (χ2n) is 7.64. The highest BCUT2D eigenvalue weighted by molar-refractivity contribution is 5.93. The van der Waals surface area contributed by atoms with Gasteiger partial charge >= 0.3 is 0 Å². The van der Waals surface area contributed by atoms with Crippen LogP contribution in [0.1, 0.15) is 43.0 Å². The second kappa shape index (κ2) is 7.94. The van der Waals surface area contributed by atoms with Gasteiger partial charge in [-0.25, -0.2) is 9.97 Å². The van der Waals surface area contributed by atoms with E-state index < -0.39 is 0 Å². The Hall–Kier alpha value is -2.63. The molecule has 0 atom stereocenters. The van der Waals surface area contributed by atoms with Crippen molar-refractivity contribution in [2.75, 3.05) is 36.4 Å². The lowest BCUT2D eigenvalue weighted by molar-refractivity contribution is 0.0792. The lowest BCUT2D eigenvalue weighted by atomic mass is 9.99. The van der Waals surface area contributed by atoms with E-state index in [0.717, 1.165) is 50.6 Å². The Kier molecular flexibility index (Phi) is 5.23. The third kappa shape index (κ3) is 4.21. The van der Waals surface area contributed by atoms with Gasteiger partial charge in [0.05, 0.1) is 5.56 Å². The first kappa shape index (κ1) is 17.8. The Bertz CT molecular complexity index is 760. The minimum Gasteiger partial charge on any atom is -0.372 e. The molecule has 6 nitrogen and oxygen atoms in total. The maximum atomic E-state index is 12.3. The van der Waals surface area contributed by atoms with Crippen molar-refractivity contribution in [3.8, 4) is 0 Å². The summed E-state index contributed by atoms with van der Waals surface area (Å²) < 4.78 is 0. The molecule has 0 unspecified atom stereocenters. The van der Waals surface area contributed by atoms with Crippen LogP contribution in [0.25, 0.3) is 0 Å². The molecule has 2 aromatic rings. The van der Waals surface area contributed by atoms with Gasteiger partial charge in [-0.15, -0.1) is 0 Å². The summed E-state index contributed by atoms with van der Waals surface area (Å²) >= 11 is 0. The van der Waals surface area contributed by atoms with Crippen LogP contribution in [0.2, 0.25) is 0 Å². The summed E-state index contributed by atoms with van der Waals surface area (Å²) in [5, 5.41) is 3.21. The molecule has 2 aliphatic heterocycles. The Balaban J connectivity index is 1.36. The standard InChI is InChI=1S/C21H27N5O/c1-16-8-12-25(13-9-16)19-6-4-18(5-7-19)24-21-22-14-17(15-23-21)20(27)26-10-2-3-11-26/h4-7,14-16H,2-3,8-13H2,1H3,(H,22,23,24). The van der Waals surface area contributed by atoms with Crippen molar-refractivity contribution in [1.29, 1.82) is 0 Å². The first-order chi connectivity index (χ1) is 13.2. The highest BCUT2D eigenvalue weighted by atomic mass is 16.2. The molecule has 1 aromatic carbocycles. The minimum atomic E-state index is 0.0271. The van der Waals surface area contributed by atoms with Crippen molar-refractivity contribution in [2.45, 2.75) is 32.6 Å².